The monoisotopic (exact) mass is 396 g/mol. The number of pyridine rings is 1. The third kappa shape index (κ3) is 3.11. The minimum atomic E-state index is -3.81. The van der Waals surface area contributed by atoms with Crippen LogP contribution in [-0.4, -0.2) is 37.0 Å². The number of para-hydroxylation sites is 1. The molecule has 0 bridgehead atoms. The highest BCUT2D eigenvalue weighted by Gasteiger charge is 2.37. The number of benzene rings is 2. The van der Waals surface area contributed by atoms with Gasteiger partial charge in [0.1, 0.15) is 11.4 Å². The summed E-state index contributed by atoms with van der Waals surface area (Å²) < 4.78 is 31.6. The molecule has 1 aliphatic rings. The van der Waals surface area contributed by atoms with Crippen molar-refractivity contribution in [1.82, 2.24) is 9.29 Å². The number of hydrogen-bond donors (Lipinski definition) is 0. The minimum absolute atomic E-state index is 0.0466. The Morgan fingerprint density at radius 2 is 1.86 bits per heavy atom. The van der Waals surface area contributed by atoms with Crippen molar-refractivity contribution in [3.8, 4) is 5.75 Å². The Hall–Kier alpha value is -2.93. The van der Waals surface area contributed by atoms with Gasteiger partial charge in [0, 0.05) is 11.5 Å². The van der Waals surface area contributed by atoms with Crippen LogP contribution in [0.15, 0.2) is 54.6 Å². The van der Waals surface area contributed by atoms with Gasteiger partial charge in [-0.15, -0.1) is 0 Å². The minimum Gasteiger partial charge on any atom is -0.496 e. The number of methoxy groups -OCH3 is 1. The lowest BCUT2D eigenvalue weighted by Gasteiger charge is -2.27. The van der Waals surface area contributed by atoms with Gasteiger partial charge in [-0.1, -0.05) is 36.4 Å². The molecule has 1 heterocycles. The molecule has 0 aliphatic heterocycles. The maximum atomic E-state index is 13.3. The van der Waals surface area contributed by atoms with Crippen LogP contribution < -0.4 is 4.74 Å². The lowest BCUT2D eigenvalue weighted by molar-refractivity contribution is 0.0815. The fourth-order valence-corrected chi connectivity index (χ4v) is 4.91. The topological polar surface area (TPSA) is 76.6 Å². The molecule has 0 saturated carbocycles. The fourth-order valence-electron chi connectivity index (χ4n) is 3.84. The number of carbonyl (C=O) groups excluding carboxylic acids is 1. The molecule has 1 amide bonds. The molecule has 2 aromatic carbocycles. The zero-order valence-electron chi connectivity index (χ0n) is 15.6. The summed E-state index contributed by atoms with van der Waals surface area (Å²) >= 11 is 0. The van der Waals surface area contributed by atoms with Crippen LogP contribution in [0.4, 0.5) is 0 Å². The van der Waals surface area contributed by atoms with Crippen molar-refractivity contribution >= 4 is 26.8 Å². The molecule has 1 atom stereocenters. The molecule has 1 aliphatic carbocycles. The van der Waals surface area contributed by atoms with Gasteiger partial charge in [-0.3, -0.25) is 4.79 Å². The van der Waals surface area contributed by atoms with Gasteiger partial charge in [-0.25, -0.2) is 17.7 Å². The van der Waals surface area contributed by atoms with Crippen molar-refractivity contribution in [2.24, 2.45) is 0 Å². The summed E-state index contributed by atoms with van der Waals surface area (Å²) in [6.45, 7) is 0. The van der Waals surface area contributed by atoms with Gasteiger partial charge in [0.05, 0.1) is 24.9 Å². The van der Waals surface area contributed by atoms with Crippen molar-refractivity contribution in [1.29, 1.82) is 0 Å². The van der Waals surface area contributed by atoms with E-state index in [4.69, 9.17) is 4.74 Å². The number of nitrogens with zero attached hydrogens (tertiary/aromatic N) is 2. The number of amides is 1. The van der Waals surface area contributed by atoms with E-state index in [0.29, 0.717) is 17.7 Å². The van der Waals surface area contributed by atoms with Gasteiger partial charge < -0.3 is 4.74 Å². The number of hydrogen-bond acceptors (Lipinski definition) is 5. The quantitative estimate of drug-likeness (QED) is 0.676. The van der Waals surface area contributed by atoms with Crippen molar-refractivity contribution in [3.05, 3.63) is 71.4 Å². The number of sulfonamides is 1. The Morgan fingerprint density at radius 1 is 1.14 bits per heavy atom. The fraction of sp³-hybridized carbons (Fsp3) is 0.238. The van der Waals surface area contributed by atoms with E-state index in [1.165, 1.54) is 13.2 Å². The van der Waals surface area contributed by atoms with Gasteiger partial charge in [0.15, 0.2) is 0 Å². The number of carbonyl (C=O) groups is 1. The summed E-state index contributed by atoms with van der Waals surface area (Å²) in [5, 5.41) is 0.763. The predicted octanol–water partition coefficient (Wildman–Crippen LogP) is 3.33. The number of fused-ring (bicyclic) bond motifs is 2. The lowest BCUT2D eigenvalue weighted by atomic mass is 10.1. The Morgan fingerprint density at radius 3 is 2.61 bits per heavy atom. The van der Waals surface area contributed by atoms with E-state index in [1.54, 1.807) is 6.07 Å². The molecular formula is C21H20N2O4S. The molecule has 0 N–H and O–H groups in total. The Kier molecular flexibility index (Phi) is 4.55. The van der Waals surface area contributed by atoms with Gasteiger partial charge in [0.25, 0.3) is 5.91 Å². The van der Waals surface area contributed by atoms with Crippen LogP contribution in [0.25, 0.3) is 10.9 Å². The predicted molar refractivity (Wildman–Crippen MR) is 107 cm³/mol. The largest absolute Gasteiger partial charge is 0.496 e. The SMILES string of the molecule is COc1cc(C(=O)N(C2CCc3ccccc32)S(C)(=O)=O)nc2ccccc12. The number of rotatable bonds is 4. The number of aromatic nitrogens is 1. The molecule has 28 heavy (non-hydrogen) atoms. The maximum Gasteiger partial charge on any atom is 0.286 e. The van der Waals surface area contributed by atoms with Crippen molar-refractivity contribution < 1.29 is 17.9 Å². The summed E-state index contributed by atoms with van der Waals surface area (Å²) in [4.78, 5) is 17.7. The molecule has 0 fully saturated rings. The van der Waals surface area contributed by atoms with Crippen LogP contribution in [0.1, 0.15) is 34.1 Å². The second kappa shape index (κ2) is 6.91. The van der Waals surface area contributed by atoms with E-state index in [-0.39, 0.29) is 5.69 Å². The standard InChI is InChI=1S/C21H20N2O4S/c1-27-20-13-18(22-17-10-6-5-9-16(17)20)21(24)23(28(2,25)26)19-12-11-14-7-3-4-8-15(14)19/h3-10,13,19H,11-12H2,1-2H3. The average Bonchev–Trinajstić information content (AvgIpc) is 3.09. The Balaban J connectivity index is 1.83. The molecule has 0 saturated heterocycles. The second-order valence-electron chi connectivity index (χ2n) is 6.84. The Labute approximate surface area is 163 Å². The molecule has 1 aromatic heterocycles. The first-order chi connectivity index (χ1) is 13.4. The first kappa shape index (κ1) is 18.4. The smallest absolute Gasteiger partial charge is 0.286 e. The second-order valence-corrected chi connectivity index (χ2v) is 8.70. The van der Waals surface area contributed by atoms with E-state index < -0.39 is 22.0 Å². The molecule has 6 nitrogen and oxygen atoms in total. The van der Waals surface area contributed by atoms with Gasteiger partial charge in [-0.2, -0.15) is 0 Å². The molecular weight excluding hydrogens is 376 g/mol. The first-order valence-electron chi connectivity index (χ1n) is 8.95. The normalized spacial score (nSPS) is 16.0. The zero-order chi connectivity index (χ0) is 19.9. The van der Waals surface area contributed by atoms with Crippen LogP contribution in [0.5, 0.6) is 5.75 Å². The molecule has 3 aromatic rings. The van der Waals surface area contributed by atoms with Crippen LogP contribution in [0.3, 0.4) is 0 Å². The van der Waals surface area contributed by atoms with Crippen LogP contribution in [0.2, 0.25) is 0 Å². The number of aryl methyl sites for hydroxylation is 1. The summed E-state index contributed by atoms with van der Waals surface area (Å²) in [5.74, 6) is -0.164. The summed E-state index contributed by atoms with van der Waals surface area (Å²) in [7, 11) is -2.30. The summed E-state index contributed by atoms with van der Waals surface area (Å²) in [6, 6.07) is 15.9. The third-order valence-corrected chi connectivity index (χ3v) is 6.19. The molecule has 0 radical (unpaired) electrons. The van der Waals surface area contributed by atoms with Crippen LogP contribution >= 0.6 is 0 Å². The van der Waals surface area contributed by atoms with E-state index in [9.17, 15) is 13.2 Å². The molecule has 1 unspecified atom stereocenters. The maximum absolute atomic E-state index is 13.3. The molecule has 7 heteroatoms. The highest BCUT2D eigenvalue weighted by molar-refractivity contribution is 7.88. The van der Waals surface area contributed by atoms with Crippen molar-refractivity contribution in [2.75, 3.05) is 13.4 Å². The third-order valence-electron chi connectivity index (χ3n) is 5.06. The highest BCUT2D eigenvalue weighted by atomic mass is 32.2. The number of ether oxygens (including phenoxy) is 1. The van der Waals surface area contributed by atoms with E-state index in [0.717, 1.165) is 33.5 Å². The van der Waals surface area contributed by atoms with Crippen LogP contribution in [0, 0.1) is 0 Å². The first-order valence-corrected chi connectivity index (χ1v) is 10.8. The lowest BCUT2D eigenvalue weighted by Crippen LogP contribution is -2.39. The van der Waals surface area contributed by atoms with Gasteiger partial charge in [-0.05, 0) is 36.1 Å². The van der Waals surface area contributed by atoms with E-state index in [2.05, 4.69) is 4.98 Å². The molecule has 4 rings (SSSR count). The van der Waals surface area contributed by atoms with E-state index >= 15 is 0 Å². The molecule has 144 valence electrons. The summed E-state index contributed by atoms with van der Waals surface area (Å²) in [5.41, 5.74) is 2.56. The summed E-state index contributed by atoms with van der Waals surface area (Å²) in [6.07, 6.45) is 2.35. The van der Waals surface area contributed by atoms with E-state index in [1.807, 2.05) is 42.5 Å². The van der Waals surface area contributed by atoms with Crippen molar-refractivity contribution in [3.63, 3.8) is 0 Å². The van der Waals surface area contributed by atoms with Gasteiger partial charge >= 0.3 is 0 Å². The van der Waals surface area contributed by atoms with Crippen molar-refractivity contribution in [2.45, 2.75) is 18.9 Å². The molecule has 0 spiro atoms. The van der Waals surface area contributed by atoms with Gasteiger partial charge in [0.2, 0.25) is 10.0 Å². The Bertz CT molecular complexity index is 1170. The van der Waals surface area contributed by atoms with Crippen LogP contribution in [-0.2, 0) is 16.4 Å². The average molecular weight is 396 g/mol. The highest BCUT2D eigenvalue weighted by Crippen LogP contribution is 2.38. The zero-order valence-corrected chi connectivity index (χ0v) is 16.4.